The Bertz CT molecular complexity index is 1210. The van der Waals surface area contributed by atoms with Crippen molar-refractivity contribution >= 4 is 22.5 Å². The monoisotopic (exact) mass is 417 g/mol. The van der Waals surface area contributed by atoms with Crippen molar-refractivity contribution < 1.29 is 9.47 Å². The van der Waals surface area contributed by atoms with Gasteiger partial charge >= 0.3 is 0 Å². The van der Waals surface area contributed by atoms with Gasteiger partial charge in [0.1, 0.15) is 28.9 Å². The summed E-state index contributed by atoms with van der Waals surface area (Å²) in [7, 11) is 5.70. The highest BCUT2D eigenvalue weighted by atomic mass is 16.5. The number of rotatable bonds is 6. The second-order valence-corrected chi connectivity index (χ2v) is 7.66. The van der Waals surface area contributed by atoms with Crippen molar-refractivity contribution in [1.29, 1.82) is 0 Å². The fourth-order valence-corrected chi connectivity index (χ4v) is 3.82. The normalized spacial score (nSPS) is 12.2. The van der Waals surface area contributed by atoms with Crippen LogP contribution >= 0.6 is 0 Å². The van der Waals surface area contributed by atoms with Crippen LogP contribution in [0.1, 0.15) is 24.3 Å². The summed E-state index contributed by atoms with van der Waals surface area (Å²) in [6.07, 6.45) is 1.37. The van der Waals surface area contributed by atoms with E-state index < -0.39 is 0 Å². The van der Waals surface area contributed by atoms with E-state index in [1.165, 1.54) is 6.33 Å². The van der Waals surface area contributed by atoms with Crippen molar-refractivity contribution in [2.45, 2.75) is 20.0 Å². The summed E-state index contributed by atoms with van der Waals surface area (Å²) < 4.78 is 13.7. The minimum absolute atomic E-state index is 0.121. The van der Waals surface area contributed by atoms with Gasteiger partial charge in [-0.15, -0.1) is 0 Å². The lowest BCUT2D eigenvalue weighted by molar-refractivity contribution is 0.120. The Morgan fingerprint density at radius 2 is 1.77 bits per heavy atom. The highest BCUT2D eigenvalue weighted by molar-refractivity contribution is 5.91. The van der Waals surface area contributed by atoms with Gasteiger partial charge in [0.15, 0.2) is 5.82 Å². The molecule has 0 aliphatic rings. The molecule has 0 saturated carbocycles. The highest BCUT2D eigenvalue weighted by Gasteiger charge is 2.22. The van der Waals surface area contributed by atoms with Crippen LogP contribution in [0.25, 0.3) is 16.7 Å². The van der Waals surface area contributed by atoms with E-state index in [1.807, 2.05) is 81.4 Å². The zero-order valence-electron chi connectivity index (χ0n) is 18.5. The molecule has 31 heavy (non-hydrogen) atoms. The quantitative estimate of drug-likeness (QED) is 0.482. The van der Waals surface area contributed by atoms with Gasteiger partial charge in [0.2, 0.25) is 0 Å². The van der Waals surface area contributed by atoms with Crippen molar-refractivity contribution in [3.63, 3.8) is 0 Å². The van der Waals surface area contributed by atoms with Crippen LogP contribution in [0, 0.1) is 6.92 Å². The molecule has 2 heterocycles. The summed E-state index contributed by atoms with van der Waals surface area (Å²) in [4.78, 5) is 10.7. The Balaban J connectivity index is 1.73. The first kappa shape index (κ1) is 20.7. The van der Waals surface area contributed by atoms with Crippen LogP contribution < -0.4 is 15.4 Å². The molecule has 0 saturated heterocycles. The van der Waals surface area contributed by atoms with Crippen molar-refractivity contribution in [2.24, 2.45) is 0 Å². The average molecular weight is 418 g/mol. The summed E-state index contributed by atoms with van der Waals surface area (Å²) in [6.45, 7) is 4.05. The number of fused-ring (bicyclic) bond motifs is 1. The highest BCUT2D eigenvalue weighted by Crippen LogP contribution is 2.35. The molecule has 2 aromatic carbocycles. The van der Waals surface area contributed by atoms with E-state index in [4.69, 9.17) is 15.2 Å². The van der Waals surface area contributed by atoms with Crippen LogP contribution in [0.3, 0.4) is 0 Å². The second-order valence-electron chi connectivity index (χ2n) is 7.66. The first-order chi connectivity index (χ1) is 14.9. The van der Waals surface area contributed by atoms with Gasteiger partial charge in [0.25, 0.3) is 0 Å². The molecule has 0 radical (unpaired) electrons. The molecule has 160 valence electrons. The summed E-state index contributed by atoms with van der Waals surface area (Å²) in [5.41, 5.74) is 11.9. The molecule has 2 aromatic heterocycles. The lowest BCUT2D eigenvalue weighted by Crippen LogP contribution is -2.08. The molecule has 1 unspecified atom stereocenters. The minimum Gasteiger partial charge on any atom is -0.457 e. The van der Waals surface area contributed by atoms with Gasteiger partial charge in [-0.1, -0.05) is 6.07 Å². The van der Waals surface area contributed by atoms with Crippen molar-refractivity contribution in [3.05, 3.63) is 66.1 Å². The lowest BCUT2D eigenvalue weighted by atomic mass is 10.1. The van der Waals surface area contributed by atoms with Gasteiger partial charge in [0.05, 0.1) is 6.10 Å². The van der Waals surface area contributed by atoms with E-state index >= 15 is 0 Å². The Labute approximate surface area is 182 Å². The van der Waals surface area contributed by atoms with Gasteiger partial charge in [0, 0.05) is 49.9 Å². The first-order valence-electron chi connectivity index (χ1n) is 10.1. The third-order valence-corrected chi connectivity index (χ3v) is 5.48. The molecule has 4 rings (SSSR count). The van der Waals surface area contributed by atoms with Gasteiger partial charge < -0.3 is 24.7 Å². The van der Waals surface area contributed by atoms with Crippen molar-refractivity contribution in [3.8, 4) is 17.2 Å². The van der Waals surface area contributed by atoms with E-state index in [2.05, 4.69) is 14.5 Å². The van der Waals surface area contributed by atoms with E-state index in [0.717, 1.165) is 45.2 Å². The lowest BCUT2D eigenvalue weighted by Gasteiger charge is -2.15. The van der Waals surface area contributed by atoms with Crippen molar-refractivity contribution in [1.82, 2.24) is 14.5 Å². The average Bonchev–Trinajstić information content (AvgIpc) is 3.07. The molecule has 0 bridgehead atoms. The van der Waals surface area contributed by atoms with Crippen LogP contribution in [-0.2, 0) is 4.74 Å². The predicted molar refractivity (Wildman–Crippen MR) is 124 cm³/mol. The molecule has 7 nitrogen and oxygen atoms in total. The standard InChI is InChI=1S/C24H27N5O2/c1-15-21(16(2)30-5)22-23(24(25)27-14-26-22)29(15)17-9-11-19(12-10-17)31-20-8-6-7-18(13-20)28(3)4/h6-14,16H,1-5H3,(H2,25,26,27). The van der Waals surface area contributed by atoms with Crippen LogP contribution in [0.15, 0.2) is 54.9 Å². The molecule has 0 aliphatic heterocycles. The number of benzene rings is 2. The van der Waals surface area contributed by atoms with Crippen molar-refractivity contribution in [2.75, 3.05) is 31.8 Å². The largest absolute Gasteiger partial charge is 0.457 e. The summed E-state index contributed by atoms with van der Waals surface area (Å²) in [6, 6.07) is 15.9. The number of nitrogens with two attached hydrogens (primary N) is 1. The van der Waals surface area contributed by atoms with Gasteiger partial charge in [-0.25, -0.2) is 9.97 Å². The Morgan fingerprint density at radius 1 is 1.03 bits per heavy atom. The zero-order valence-corrected chi connectivity index (χ0v) is 18.5. The van der Waals surface area contributed by atoms with Crippen LogP contribution in [-0.4, -0.2) is 35.7 Å². The second kappa shape index (κ2) is 8.28. The Kier molecular flexibility index (Phi) is 5.52. The Morgan fingerprint density at radius 3 is 2.45 bits per heavy atom. The zero-order chi connectivity index (χ0) is 22.1. The van der Waals surface area contributed by atoms with E-state index in [0.29, 0.717) is 5.82 Å². The summed E-state index contributed by atoms with van der Waals surface area (Å²) in [5, 5.41) is 0. The molecule has 0 spiro atoms. The first-order valence-corrected chi connectivity index (χ1v) is 10.1. The fraction of sp³-hybridized carbons (Fsp3) is 0.250. The SMILES string of the molecule is COC(C)c1c(C)n(-c2ccc(Oc3cccc(N(C)C)c3)cc2)c2c(N)ncnc12. The number of anilines is 2. The van der Waals surface area contributed by atoms with Gasteiger partial charge in [-0.05, 0) is 50.2 Å². The maximum absolute atomic E-state index is 6.25. The van der Waals surface area contributed by atoms with E-state index in [9.17, 15) is 0 Å². The number of hydrogen-bond donors (Lipinski definition) is 1. The number of methoxy groups -OCH3 is 1. The maximum Gasteiger partial charge on any atom is 0.151 e. The molecule has 2 N–H and O–H groups in total. The summed E-state index contributed by atoms with van der Waals surface area (Å²) in [5.74, 6) is 1.97. The van der Waals surface area contributed by atoms with Crippen LogP contribution in [0.2, 0.25) is 0 Å². The number of nitrogen functional groups attached to an aromatic ring is 1. The molecular formula is C24H27N5O2. The summed E-state index contributed by atoms with van der Waals surface area (Å²) >= 11 is 0. The predicted octanol–water partition coefficient (Wildman–Crippen LogP) is 4.88. The molecule has 7 heteroatoms. The number of aromatic nitrogens is 3. The van der Waals surface area contributed by atoms with E-state index in [1.54, 1.807) is 7.11 Å². The molecule has 1 atom stereocenters. The van der Waals surface area contributed by atoms with Crippen LogP contribution in [0.4, 0.5) is 11.5 Å². The third-order valence-electron chi connectivity index (χ3n) is 5.48. The molecule has 0 amide bonds. The van der Waals surface area contributed by atoms with Gasteiger partial charge in [-0.2, -0.15) is 0 Å². The third kappa shape index (κ3) is 3.80. The number of ether oxygens (including phenoxy) is 2. The fourth-order valence-electron chi connectivity index (χ4n) is 3.82. The minimum atomic E-state index is -0.121. The Hall–Kier alpha value is -3.58. The van der Waals surface area contributed by atoms with E-state index in [-0.39, 0.29) is 6.10 Å². The number of hydrogen-bond acceptors (Lipinski definition) is 6. The molecule has 0 fully saturated rings. The topological polar surface area (TPSA) is 78.4 Å². The van der Waals surface area contributed by atoms with Gasteiger partial charge in [-0.3, -0.25) is 0 Å². The molecular weight excluding hydrogens is 390 g/mol. The smallest absolute Gasteiger partial charge is 0.151 e. The molecule has 4 aromatic rings. The molecule has 0 aliphatic carbocycles. The van der Waals surface area contributed by atoms with Crippen LogP contribution in [0.5, 0.6) is 11.5 Å². The maximum atomic E-state index is 6.25. The number of nitrogens with zero attached hydrogens (tertiary/aromatic N) is 4.